The minimum Gasteiger partial charge on any atom is -0.378 e. The molecule has 0 aromatic carbocycles. The third kappa shape index (κ3) is 3.92. The Balaban J connectivity index is 1.91. The number of nitrogens with one attached hydrogen (secondary N) is 1. The van der Waals surface area contributed by atoms with Crippen LogP contribution < -0.4 is 5.32 Å². The molecule has 2 atom stereocenters. The number of hydrogen-bond donors (Lipinski definition) is 1. The van der Waals surface area contributed by atoms with Crippen molar-refractivity contribution in [3.8, 4) is 0 Å². The molecule has 1 fully saturated rings. The van der Waals surface area contributed by atoms with Crippen LogP contribution in [0.15, 0.2) is 0 Å². The van der Waals surface area contributed by atoms with Gasteiger partial charge >= 0.3 is 0 Å². The van der Waals surface area contributed by atoms with Crippen LogP contribution in [0.2, 0.25) is 0 Å². The summed E-state index contributed by atoms with van der Waals surface area (Å²) < 4.78 is 5.96. The lowest BCUT2D eigenvalue weighted by molar-refractivity contribution is -0.0271. The number of anilines is 1. The van der Waals surface area contributed by atoms with Gasteiger partial charge in [-0.3, -0.25) is 0 Å². The Hall–Kier alpha value is -0.680. The van der Waals surface area contributed by atoms with Crippen LogP contribution in [0.25, 0.3) is 0 Å². The highest BCUT2D eigenvalue weighted by Gasteiger charge is 2.28. The first-order chi connectivity index (χ1) is 9.63. The zero-order chi connectivity index (χ0) is 14.5. The first-order valence-corrected chi connectivity index (χ1v) is 8.67. The molecule has 4 nitrogen and oxygen atoms in total. The quantitative estimate of drug-likeness (QED) is 0.860. The molecule has 0 radical (unpaired) electrons. The van der Waals surface area contributed by atoms with Gasteiger partial charge in [-0.05, 0) is 18.8 Å². The average molecular weight is 297 g/mol. The molecule has 2 rings (SSSR count). The second kappa shape index (κ2) is 7.36. The third-order valence-electron chi connectivity index (χ3n) is 4.15. The van der Waals surface area contributed by atoms with Crippen molar-refractivity contribution in [3.05, 3.63) is 5.01 Å². The fourth-order valence-corrected chi connectivity index (χ4v) is 3.63. The first kappa shape index (κ1) is 15.7. The van der Waals surface area contributed by atoms with Crippen LogP contribution in [0.5, 0.6) is 0 Å². The van der Waals surface area contributed by atoms with E-state index in [1.165, 1.54) is 12.8 Å². The summed E-state index contributed by atoms with van der Waals surface area (Å²) in [4.78, 5) is 0. The number of rotatable bonds is 6. The van der Waals surface area contributed by atoms with Gasteiger partial charge in [-0.15, -0.1) is 10.2 Å². The van der Waals surface area contributed by atoms with Crippen molar-refractivity contribution < 1.29 is 4.74 Å². The average Bonchev–Trinajstić information content (AvgIpc) is 2.89. The highest BCUT2D eigenvalue weighted by atomic mass is 32.1. The van der Waals surface area contributed by atoms with E-state index in [9.17, 15) is 0 Å². The maximum atomic E-state index is 5.96. The Morgan fingerprint density at radius 2 is 2.05 bits per heavy atom. The molecule has 1 saturated heterocycles. The van der Waals surface area contributed by atoms with E-state index < -0.39 is 0 Å². The van der Waals surface area contributed by atoms with Crippen LogP contribution in [0.1, 0.15) is 64.3 Å². The Morgan fingerprint density at radius 1 is 1.30 bits per heavy atom. The molecular weight excluding hydrogens is 270 g/mol. The van der Waals surface area contributed by atoms with E-state index in [4.69, 9.17) is 4.74 Å². The lowest BCUT2D eigenvalue weighted by Crippen LogP contribution is -2.37. The minimum absolute atomic E-state index is 0.397. The number of ether oxygens (including phenoxy) is 1. The maximum Gasteiger partial charge on any atom is 0.205 e. The molecule has 0 aliphatic carbocycles. The summed E-state index contributed by atoms with van der Waals surface area (Å²) in [5, 5.41) is 14.1. The van der Waals surface area contributed by atoms with Gasteiger partial charge in [0.2, 0.25) is 5.13 Å². The molecule has 0 saturated carbocycles. The highest BCUT2D eigenvalue weighted by molar-refractivity contribution is 7.15. The molecule has 1 aliphatic rings. The maximum absolute atomic E-state index is 5.96. The Bertz CT molecular complexity index is 404. The molecule has 0 spiro atoms. The molecule has 1 aromatic heterocycles. The molecule has 114 valence electrons. The third-order valence-corrected chi connectivity index (χ3v) is 5.31. The van der Waals surface area contributed by atoms with Gasteiger partial charge in [0.15, 0.2) is 0 Å². The van der Waals surface area contributed by atoms with Crippen LogP contribution in [0.3, 0.4) is 0 Å². The second-order valence-electron chi connectivity index (χ2n) is 5.95. The normalized spacial score (nSPS) is 23.5. The number of hydrogen-bond acceptors (Lipinski definition) is 5. The summed E-state index contributed by atoms with van der Waals surface area (Å²) in [5.41, 5.74) is 0. The van der Waals surface area contributed by atoms with E-state index >= 15 is 0 Å². The summed E-state index contributed by atoms with van der Waals surface area (Å²) in [6.45, 7) is 9.68. The van der Waals surface area contributed by atoms with Gasteiger partial charge in [0.25, 0.3) is 0 Å². The Kier molecular flexibility index (Phi) is 5.78. The van der Waals surface area contributed by atoms with E-state index in [2.05, 4.69) is 43.2 Å². The molecule has 0 amide bonds. The predicted octanol–water partition coefficient (Wildman–Crippen LogP) is 4.06. The van der Waals surface area contributed by atoms with E-state index in [1.54, 1.807) is 11.3 Å². The van der Waals surface area contributed by atoms with Crippen molar-refractivity contribution in [1.29, 1.82) is 0 Å². The van der Waals surface area contributed by atoms with E-state index in [-0.39, 0.29) is 0 Å². The summed E-state index contributed by atoms with van der Waals surface area (Å²) in [5.74, 6) is 1.13. The second-order valence-corrected chi connectivity index (χ2v) is 6.96. The Labute approximate surface area is 126 Å². The van der Waals surface area contributed by atoms with Crippen LogP contribution in [0.4, 0.5) is 5.13 Å². The summed E-state index contributed by atoms with van der Waals surface area (Å²) >= 11 is 1.68. The molecule has 5 heteroatoms. The van der Waals surface area contributed by atoms with E-state index in [1.807, 2.05) is 0 Å². The first-order valence-electron chi connectivity index (χ1n) is 7.85. The SMILES string of the molecule is CCC(CC)C1CC(Nc2nnc(C(C)C)s2)CCO1. The van der Waals surface area contributed by atoms with Crippen LogP contribution >= 0.6 is 11.3 Å². The minimum atomic E-state index is 0.397. The summed E-state index contributed by atoms with van der Waals surface area (Å²) in [6, 6.07) is 0.474. The van der Waals surface area contributed by atoms with Crippen molar-refractivity contribution in [2.24, 2.45) is 5.92 Å². The summed E-state index contributed by atoms with van der Waals surface area (Å²) in [7, 11) is 0. The van der Waals surface area contributed by atoms with Crippen molar-refractivity contribution in [3.63, 3.8) is 0 Å². The molecule has 2 unspecified atom stereocenters. The van der Waals surface area contributed by atoms with Gasteiger partial charge < -0.3 is 10.1 Å². The number of aromatic nitrogens is 2. The lowest BCUT2D eigenvalue weighted by atomic mass is 9.89. The molecule has 1 aliphatic heterocycles. The van der Waals surface area contributed by atoms with Crippen LogP contribution in [0, 0.1) is 5.92 Å². The van der Waals surface area contributed by atoms with E-state index in [0.29, 0.717) is 24.0 Å². The highest BCUT2D eigenvalue weighted by Crippen LogP contribution is 2.28. The lowest BCUT2D eigenvalue weighted by Gasteiger charge is -2.34. The van der Waals surface area contributed by atoms with Crippen molar-refractivity contribution in [1.82, 2.24) is 10.2 Å². The summed E-state index contributed by atoms with van der Waals surface area (Å²) in [6.07, 6.45) is 4.94. The molecule has 2 heterocycles. The van der Waals surface area contributed by atoms with Crippen molar-refractivity contribution in [2.45, 2.75) is 71.4 Å². The van der Waals surface area contributed by atoms with Gasteiger partial charge in [0.1, 0.15) is 5.01 Å². The molecular formula is C15H27N3OS. The predicted molar refractivity (Wildman–Crippen MR) is 84.5 cm³/mol. The van der Waals surface area contributed by atoms with Gasteiger partial charge in [-0.2, -0.15) is 0 Å². The smallest absolute Gasteiger partial charge is 0.205 e. The zero-order valence-corrected chi connectivity index (χ0v) is 13.9. The monoisotopic (exact) mass is 297 g/mol. The topological polar surface area (TPSA) is 47.0 Å². The molecule has 1 aromatic rings. The Morgan fingerprint density at radius 3 is 2.65 bits per heavy atom. The van der Waals surface area contributed by atoms with Gasteiger partial charge in [-0.1, -0.05) is 51.9 Å². The van der Waals surface area contributed by atoms with Gasteiger partial charge in [0.05, 0.1) is 6.10 Å². The zero-order valence-electron chi connectivity index (χ0n) is 13.1. The molecule has 1 N–H and O–H groups in total. The molecule has 20 heavy (non-hydrogen) atoms. The van der Waals surface area contributed by atoms with Gasteiger partial charge in [-0.25, -0.2) is 0 Å². The van der Waals surface area contributed by atoms with Crippen LogP contribution in [-0.4, -0.2) is 29.0 Å². The van der Waals surface area contributed by atoms with Crippen LogP contribution in [-0.2, 0) is 4.74 Å². The van der Waals surface area contributed by atoms with E-state index in [0.717, 1.165) is 29.6 Å². The fraction of sp³-hybridized carbons (Fsp3) is 0.867. The largest absolute Gasteiger partial charge is 0.378 e. The van der Waals surface area contributed by atoms with Crippen molar-refractivity contribution >= 4 is 16.5 Å². The van der Waals surface area contributed by atoms with Crippen molar-refractivity contribution in [2.75, 3.05) is 11.9 Å². The standard InChI is InChI=1S/C15H27N3OS/c1-5-11(6-2)13-9-12(7-8-19-13)16-15-18-17-14(20-15)10(3)4/h10-13H,5-9H2,1-4H3,(H,16,18). The molecule has 0 bridgehead atoms. The van der Waals surface area contributed by atoms with Gasteiger partial charge in [0, 0.05) is 18.6 Å². The fourth-order valence-electron chi connectivity index (χ4n) is 2.80. The number of nitrogens with zero attached hydrogens (tertiary/aromatic N) is 2.